The van der Waals surface area contributed by atoms with Crippen molar-refractivity contribution in [2.75, 3.05) is 17.3 Å². The van der Waals surface area contributed by atoms with Gasteiger partial charge in [0.05, 0.1) is 6.04 Å². The highest BCUT2D eigenvalue weighted by molar-refractivity contribution is 7.98. The van der Waals surface area contributed by atoms with Crippen molar-refractivity contribution >= 4 is 23.4 Å². The van der Waals surface area contributed by atoms with Crippen LogP contribution in [0.4, 0.5) is 18.9 Å². The number of hydrogen-bond acceptors (Lipinski definition) is 3. The molecule has 0 radical (unpaired) electrons. The summed E-state index contributed by atoms with van der Waals surface area (Å²) < 4.78 is 36.6. The number of carbonyl (C=O) groups is 1. The summed E-state index contributed by atoms with van der Waals surface area (Å²) in [4.78, 5) is 11.8. The number of benzene rings is 1. The van der Waals surface area contributed by atoms with Crippen molar-refractivity contribution in [1.82, 2.24) is 0 Å². The fraction of sp³-hybridized carbons (Fsp3) is 0.500. The van der Waals surface area contributed by atoms with Crippen molar-refractivity contribution in [1.29, 1.82) is 0 Å². The molecular weight excluding hydrogens is 301 g/mol. The first-order valence-electron chi connectivity index (χ1n) is 6.53. The zero-order valence-electron chi connectivity index (χ0n) is 11.7. The summed E-state index contributed by atoms with van der Waals surface area (Å²) in [5.41, 5.74) is 6.73. The van der Waals surface area contributed by atoms with Gasteiger partial charge in [0.2, 0.25) is 5.91 Å². The van der Waals surface area contributed by atoms with E-state index in [0.29, 0.717) is 17.7 Å². The highest BCUT2D eigenvalue weighted by Gasteiger charge is 2.26. The third kappa shape index (κ3) is 7.38. The van der Waals surface area contributed by atoms with Crippen LogP contribution in [0.25, 0.3) is 0 Å². The molecule has 1 atom stereocenters. The Morgan fingerprint density at radius 3 is 2.76 bits per heavy atom. The highest BCUT2D eigenvalue weighted by atomic mass is 32.2. The lowest BCUT2D eigenvalue weighted by Gasteiger charge is -2.12. The van der Waals surface area contributed by atoms with Crippen LogP contribution in [0.3, 0.4) is 0 Å². The van der Waals surface area contributed by atoms with Crippen LogP contribution >= 0.6 is 11.8 Å². The molecule has 3 nitrogen and oxygen atoms in total. The van der Waals surface area contributed by atoms with Crippen molar-refractivity contribution in [2.24, 2.45) is 5.73 Å². The van der Waals surface area contributed by atoms with Crippen LogP contribution in [0.5, 0.6) is 0 Å². The largest absolute Gasteiger partial charge is 0.389 e. The number of carbonyl (C=O) groups excluding carboxylic acids is 1. The average molecular weight is 320 g/mol. The number of hydrogen-bond donors (Lipinski definition) is 2. The number of anilines is 1. The molecule has 0 heterocycles. The standard InChI is InChI=1S/C14H19F3N2OS/c1-21-8-6-12(18)13(20)19-11-4-2-3-10(9-11)5-7-14(15,16)17/h2-4,9,12H,5-8,18H2,1H3,(H,19,20)/t12-/m0/s1. The summed E-state index contributed by atoms with van der Waals surface area (Å²) in [7, 11) is 0. The summed E-state index contributed by atoms with van der Waals surface area (Å²) in [6.07, 6.45) is -2.68. The second-order valence-corrected chi connectivity index (χ2v) is 5.68. The first-order chi connectivity index (χ1) is 9.81. The molecule has 0 saturated heterocycles. The predicted octanol–water partition coefficient (Wildman–Crippen LogP) is 3.20. The number of halogens is 3. The summed E-state index contributed by atoms with van der Waals surface area (Å²) in [6.45, 7) is 0. The van der Waals surface area contributed by atoms with Crippen molar-refractivity contribution in [3.05, 3.63) is 29.8 Å². The van der Waals surface area contributed by atoms with E-state index in [4.69, 9.17) is 5.73 Å². The molecular formula is C14H19F3N2OS. The van der Waals surface area contributed by atoms with E-state index in [9.17, 15) is 18.0 Å². The molecule has 118 valence electrons. The lowest BCUT2D eigenvalue weighted by Crippen LogP contribution is -2.36. The van der Waals surface area contributed by atoms with Gasteiger partial charge in [-0.3, -0.25) is 4.79 Å². The normalized spacial score (nSPS) is 13.0. The van der Waals surface area contributed by atoms with E-state index in [0.717, 1.165) is 5.75 Å². The molecule has 3 N–H and O–H groups in total. The quantitative estimate of drug-likeness (QED) is 0.811. The van der Waals surface area contributed by atoms with Crippen LogP contribution in [0.2, 0.25) is 0 Å². The van der Waals surface area contributed by atoms with Gasteiger partial charge in [-0.1, -0.05) is 12.1 Å². The van der Waals surface area contributed by atoms with E-state index < -0.39 is 18.6 Å². The van der Waals surface area contributed by atoms with Gasteiger partial charge < -0.3 is 11.1 Å². The molecule has 0 fully saturated rings. The van der Waals surface area contributed by atoms with Crippen molar-refractivity contribution in [3.8, 4) is 0 Å². The van der Waals surface area contributed by atoms with Gasteiger partial charge in [0.1, 0.15) is 0 Å². The van der Waals surface area contributed by atoms with E-state index in [1.54, 1.807) is 36.0 Å². The Morgan fingerprint density at radius 2 is 2.14 bits per heavy atom. The Labute approximate surface area is 126 Å². The molecule has 0 unspecified atom stereocenters. The fourth-order valence-electron chi connectivity index (χ4n) is 1.70. The molecule has 0 bridgehead atoms. The lowest BCUT2D eigenvalue weighted by molar-refractivity contribution is -0.134. The Bertz CT molecular complexity index is 466. The van der Waals surface area contributed by atoms with Gasteiger partial charge in [-0.2, -0.15) is 24.9 Å². The maximum atomic E-state index is 12.2. The first-order valence-corrected chi connectivity index (χ1v) is 7.92. The van der Waals surface area contributed by atoms with Crippen LogP contribution in [0, 0.1) is 0 Å². The van der Waals surface area contributed by atoms with Crippen molar-refractivity contribution < 1.29 is 18.0 Å². The van der Waals surface area contributed by atoms with Gasteiger partial charge in [0.25, 0.3) is 0 Å². The minimum Gasteiger partial charge on any atom is -0.325 e. The molecule has 1 rings (SSSR count). The van der Waals surface area contributed by atoms with Crippen LogP contribution in [-0.4, -0.2) is 30.1 Å². The van der Waals surface area contributed by atoms with Crippen molar-refractivity contribution in [2.45, 2.75) is 31.5 Å². The molecule has 0 aliphatic rings. The van der Waals surface area contributed by atoms with Gasteiger partial charge in [-0.05, 0) is 42.5 Å². The number of aryl methyl sites for hydroxylation is 1. The third-order valence-electron chi connectivity index (χ3n) is 2.86. The number of nitrogens with two attached hydrogens (primary N) is 1. The molecule has 1 aromatic carbocycles. The summed E-state index contributed by atoms with van der Waals surface area (Å²) in [5, 5.41) is 2.63. The van der Waals surface area contributed by atoms with Crippen molar-refractivity contribution in [3.63, 3.8) is 0 Å². The van der Waals surface area contributed by atoms with Gasteiger partial charge in [-0.25, -0.2) is 0 Å². The van der Waals surface area contributed by atoms with Crippen LogP contribution in [-0.2, 0) is 11.2 Å². The molecule has 0 aliphatic heterocycles. The van der Waals surface area contributed by atoms with E-state index in [1.165, 1.54) is 0 Å². The lowest BCUT2D eigenvalue weighted by atomic mass is 10.1. The maximum absolute atomic E-state index is 12.2. The minimum absolute atomic E-state index is 0.105. The number of alkyl halides is 3. The number of thioether (sulfide) groups is 1. The second-order valence-electron chi connectivity index (χ2n) is 4.69. The van der Waals surface area contributed by atoms with E-state index >= 15 is 0 Å². The fourth-order valence-corrected chi connectivity index (χ4v) is 2.19. The Kier molecular flexibility index (Phi) is 7.04. The third-order valence-corrected chi connectivity index (χ3v) is 3.51. The van der Waals surface area contributed by atoms with Crippen LogP contribution < -0.4 is 11.1 Å². The molecule has 0 spiro atoms. The molecule has 21 heavy (non-hydrogen) atoms. The maximum Gasteiger partial charge on any atom is 0.389 e. The van der Waals surface area contributed by atoms with E-state index in [-0.39, 0.29) is 12.3 Å². The first kappa shape index (κ1) is 17.8. The SMILES string of the molecule is CSCC[C@H](N)C(=O)Nc1cccc(CCC(F)(F)F)c1. The predicted molar refractivity (Wildman–Crippen MR) is 80.4 cm³/mol. The number of amides is 1. The van der Waals surface area contributed by atoms with Gasteiger partial charge in [0, 0.05) is 12.1 Å². The van der Waals surface area contributed by atoms with Crippen LogP contribution in [0.1, 0.15) is 18.4 Å². The summed E-state index contributed by atoms with van der Waals surface area (Å²) in [5.74, 6) is 0.456. The zero-order valence-corrected chi connectivity index (χ0v) is 12.6. The summed E-state index contributed by atoms with van der Waals surface area (Å²) >= 11 is 1.60. The van der Waals surface area contributed by atoms with E-state index in [1.807, 2.05) is 6.26 Å². The highest BCUT2D eigenvalue weighted by Crippen LogP contribution is 2.23. The van der Waals surface area contributed by atoms with Gasteiger partial charge >= 0.3 is 6.18 Å². The minimum atomic E-state index is -4.18. The molecule has 0 aliphatic carbocycles. The molecule has 7 heteroatoms. The Morgan fingerprint density at radius 1 is 1.43 bits per heavy atom. The van der Waals surface area contributed by atoms with Crippen LogP contribution in [0.15, 0.2) is 24.3 Å². The molecule has 0 aromatic heterocycles. The topological polar surface area (TPSA) is 55.1 Å². The molecule has 1 amide bonds. The Balaban J connectivity index is 2.58. The second kappa shape index (κ2) is 8.29. The zero-order chi connectivity index (χ0) is 15.9. The molecule has 1 aromatic rings. The van der Waals surface area contributed by atoms with Gasteiger partial charge in [-0.15, -0.1) is 0 Å². The van der Waals surface area contributed by atoms with E-state index in [2.05, 4.69) is 5.32 Å². The Hall–Kier alpha value is -1.21. The average Bonchev–Trinajstić information content (AvgIpc) is 2.42. The summed E-state index contributed by atoms with van der Waals surface area (Å²) in [6, 6.07) is 5.79. The smallest absolute Gasteiger partial charge is 0.325 e. The van der Waals surface area contributed by atoms with Gasteiger partial charge in [0.15, 0.2) is 0 Å². The molecule has 0 saturated carbocycles. The number of rotatable bonds is 7. The number of nitrogens with one attached hydrogen (secondary N) is 1. The monoisotopic (exact) mass is 320 g/mol.